The van der Waals surface area contributed by atoms with Gasteiger partial charge in [-0.25, -0.2) is 4.79 Å². The van der Waals surface area contributed by atoms with Gasteiger partial charge in [0.25, 0.3) is 5.91 Å². The number of halogens is 1. The maximum Gasteiger partial charge on any atom is 0.342 e. The molecule has 0 bridgehead atoms. The van der Waals surface area contributed by atoms with Crippen LogP contribution in [0.4, 0.5) is 5.69 Å². The first-order valence-corrected chi connectivity index (χ1v) is 8.35. The maximum atomic E-state index is 12.5. The quantitative estimate of drug-likeness (QED) is 0.724. The van der Waals surface area contributed by atoms with Crippen molar-refractivity contribution in [3.8, 4) is 17.2 Å². The number of ether oxygens (including phenoxy) is 4. The molecule has 0 saturated heterocycles. The summed E-state index contributed by atoms with van der Waals surface area (Å²) in [6.45, 7) is 1.46. The second-order valence-electron chi connectivity index (χ2n) is 5.43. The molecule has 0 fully saturated rings. The molecule has 7 nitrogen and oxygen atoms in total. The molecule has 1 atom stereocenters. The zero-order valence-electron chi connectivity index (χ0n) is 15.4. The molecule has 0 aliphatic carbocycles. The molecule has 27 heavy (non-hydrogen) atoms. The molecule has 1 N–H and O–H groups in total. The first-order chi connectivity index (χ1) is 12.9. The van der Waals surface area contributed by atoms with Gasteiger partial charge in [0.05, 0.1) is 21.3 Å². The number of carbonyl (C=O) groups is 2. The van der Waals surface area contributed by atoms with E-state index in [4.69, 9.17) is 30.5 Å². The zero-order chi connectivity index (χ0) is 20.0. The Morgan fingerprint density at radius 3 is 2.30 bits per heavy atom. The third-order valence-electron chi connectivity index (χ3n) is 3.67. The fourth-order valence-corrected chi connectivity index (χ4v) is 2.54. The molecule has 0 saturated carbocycles. The summed E-state index contributed by atoms with van der Waals surface area (Å²) >= 11 is 5.89. The number of carbonyl (C=O) groups excluding carboxylic acids is 2. The lowest BCUT2D eigenvalue weighted by atomic mass is 10.1. The van der Waals surface area contributed by atoms with Crippen LogP contribution >= 0.6 is 11.6 Å². The van der Waals surface area contributed by atoms with E-state index >= 15 is 0 Å². The largest absolute Gasteiger partial charge is 0.493 e. The van der Waals surface area contributed by atoms with Gasteiger partial charge in [0.2, 0.25) is 5.75 Å². The van der Waals surface area contributed by atoms with Crippen LogP contribution in [0, 0.1) is 0 Å². The standard InChI is InChI=1S/C19H20ClNO6/c1-11(18(22)21-13-7-5-6-12(20)10-13)27-19(23)14-8-9-15(24-2)17(26-4)16(14)25-3/h5-11H,1-4H3,(H,21,22). The minimum atomic E-state index is -1.05. The van der Waals surface area contributed by atoms with E-state index in [0.29, 0.717) is 16.5 Å². The molecular formula is C19H20ClNO6. The van der Waals surface area contributed by atoms with Crippen molar-refractivity contribution in [2.45, 2.75) is 13.0 Å². The molecule has 1 unspecified atom stereocenters. The molecule has 0 aliphatic heterocycles. The predicted octanol–water partition coefficient (Wildman–Crippen LogP) is 3.55. The summed E-state index contributed by atoms with van der Waals surface area (Å²) in [5, 5.41) is 3.11. The highest BCUT2D eigenvalue weighted by Crippen LogP contribution is 2.40. The fraction of sp³-hybridized carbons (Fsp3) is 0.263. The van der Waals surface area contributed by atoms with Crippen LogP contribution in [-0.4, -0.2) is 39.3 Å². The highest BCUT2D eigenvalue weighted by atomic mass is 35.5. The van der Waals surface area contributed by atoms with Gasteiger partial charge in [-0.3, -0.25) is 4.79 Å². The monoisotopic (exact) mass is 393 g/mol. The second-order valence-corrected chi connectivity index (χ2v) is 5.87. The lowest BCUT2D eigenvalue weighted by Gasteiger charge is -2.17. The van der Waals surface area contributed by atoms with Gasteiger partial charge in [0.1, 0.15) is 5.56 Å². The molecular weight excluding hydrogens is 374 g/mol. The van der Waals surface area contributed by atoms with E-state index in [0.717, 1.165) is 0 Å². The Balaban J connectivity index is 2.15. The van der Waals surface area contributed by atoms with Crippen molar-refractivity contribution in [2.75, 3.05) is 26.6 Å². The van der Waals surface area contributed by atoms with Gasteiger partial charge in [0.15, 0.2) is 17.6 Å². The normalized spacial score (nSPS) is 11.3. The fourth-order valence-electron chi connectivity index (χ4n) is 2.35. The molecule has 2 aromatic carbocycles. The summed E-state index contributed by atoms with van der Waals surface area (Å²) in [4.78, 5) is 24.8. The molecule has 0 heterocycles. The number of anilines is 1. The van der Waals surface area contributed by atoms with E-state index < -0.39 is 18.0 Å². The topological polar surface area (TPSA) is 83.1 Å². The van der Waals surface area contributed by atoms with Crippen LogP contribution in [0.15, 0.2) is 36.4 Å². The van der Waals surface area contributed by atoms with Crippen LogP contribution < -0.4 is 19.5 Å². The number of hydrogen-bond donors (Lipinski definition) is 1. The van der Waals surface area contributed by atoms with Gasteiger partial charge in [0, 0.05) is 10.7 Å². The molecule has 144 valence electrons. The van der Waals surface area contributed by atoms with Gasteiger partial charge in [-0.2, -0.15) is 0 Å². The third kappa shape index (κ3) is 4.83. The molecule has 0 aliphatic rings. The third-order valence-corrected chi connectivity index (χ3v) is 3.90. The molecule has 2 rings (SSSR count). The van der Waals surface area contributed by atoms with Crippen LogP contribution in [0.5, 0.6) is 17.2 Å². The van der Waals surface area contributed by atoms with Crippen molar-refractivity contribution < 1.29 is 28.5 Å². The Morgan fingerprint density at radius 2 is 1.70 bits per heavy atom. The van der Waals surface area contributed by atoms with Crippen LogP contribution in [0.25, 0.3) is 0 Å². The van der Waals surface area contributed by atoms with E-state index in [2.05, 4.69) is 5.32 Å². The van der Waals surface area contributed by atoms with Crippen molar-refractivity contribution in [3.63, 3.8) is 0 Å². The first kappa shape index (κ1) is 20.4. The van der Waals surface area contributed by atoms with Crippen molar-refractivity contribution >= 4 is 29.2 Å². The number of hydrogen-bond acceptors (Lipinski definition) is 6. The zero-order valence-corrected chi connectivity index (χ0v) is 16.1. The summed E-state index contributed by atoms with van der Waals surface area (Å²) in [7, 11) is 4.29. The molecule has 0 spiro atoms. The van der Waals surface area contributed by atoms with Crippen molar-refractivity contribution in [3.05, 3.63) is 47.0 Å². The average molecular weight is 394 g/mol. The number of esters is 1. The van der Waals surface area contributed by atoms with E-state index in [9.17, 15) is 9.59 Å². The minimum absolute atomic E-state index is 0.109. The van der Waals surface area contributed by atoms with Crippen LogP contribution in [0.1, 0.15) is 17.3 Å². The van der Waals surface area contributed by atoms with Gasteiger partial charge in [-0.05, 0) is 37.3 Å². The number of amides is 1. The van der Waals surface area contributed by atoms with Gasteiger partial charge < -0.3 is 24.3 Å². The SMILES string of the molecule is COc1ccc(C(=O)OC(C)C(=O)Nc2cccc(Cl)c2)c(OC)c1OC. The van der Waals surface area contributed by atoms with Crippen molar-refractivity contribution in [1.29, 1.82) is 0 Å². The number of nitrogens with one attached hydrogen (secondary N) is 1. The molecule has 0 radical (unpaired) electrons. The Kier molecular flexibility index (Phi) is 6.90. The van der Waals surface area contributed by atoms with E-state index in [1.165, 1.54) is 34.3 Å². The highest BCUT2D eigenvalue weighted by molar-refractivity contribution is 6.30. The minimum Gasteiger partial charge on any atom is -0.493 e. The molecule has 2 aromatic rings. The molecule has 1 amide bonds. The van der Waals surface area contributed by atoms with Crippen LogP contribution in [0.3, 0.4) is 0 Å². The lowest BCUT2D eigenvalue weighted by Crippen LogP contribution is -2.30. The average Bonchev–Trinajstić information content (AvgIpc) is 2.66. The summed E-state index contributed by atoms with van der Waals surface area (Å²) in [5.41, 5.74) is 0.608. The van der Waals surface area contributed by atoms with E-state index in [1.807, 2.05) is 0 Å². The van der Waals surface area contributed by atoms with Crippen molar-refractivity contribution in [1.82, 2.24) is 0 Å². The summed E-state index contributed by atoms with van der Waals surface area (Å²) < 4.78 is 20.9. The molecule has 0 aromatic heterocycles. The summed E-state index contributed by atoms with van der Waals surface area (Å²) in [6, 6.07) is 9.67. The van der Waals surface area contributed by atoms with E-state index in [-0.39, 0.29) is 17.1 Å². The Morgan fingerprint density at radius 1 is 1.00 bits per heavy atom. The Bertz CT molecular complexity index is 839. The predicted molar refractivity (Wildman–Crippen MR) is 101 cm³/mol. The highest BCUT2D eigenvalue weighted by Gasteiger charge is 2.25. The first-order valence-electron chi connectivity index (χ1n) is 7.97. The maximum absolute atomic E-state index is 12.5. The smallest absolute Gasteiger partial charge is 0.342 e. The Labute approximate surface area is 162 Å². The van der Waals surface area contributed by atoms with Crippen molar-refractivity contribution in [2.24, 2.45) is 0 Å². The van der Waals surface area contributed by atoms with Crippen LogP contribution in [-0.2, 0) is 9.53 Å². The van der Waals surface area contributed by atoms with E-state index in [1.54, 1.807) is 30.3 Å². The second kappa shape index (κ2) is 9.14. The van der Waals surface area contributed by atoms with Gasteiger partial charge in [-0.15, -0.1) is 0 Å². The van der Waals surface area contributed by atoms with Gasteiger partial charge in [-0.1, -0.05) is 17.7 Å². The number of rotatable bonds is 7. The molecule has 8 heteroatoms. The summed E-state index contributed by atoms with van der Waals surface area (Å²) in [5.74, 6) is -0.418. The van der Waals surface area contributed by atoms with Crippen LogP contribution in [0.2, 0.25) is 5.02 Å². The summed E-state index contributed by atoms with van der Waals surface area (Å²) in [6.07, 6.45) is -1.05. The number of methoxy groups -OCH3 is 3. The lowest BCUT2D eigenvalue weighted by molar-refractivity contribution is -0.123. The van der Waals surface area contributed by atoms with Gasteiger partial charge >= 0.3 is 5.97 Å². The number of benzene rings is 2. The Hall–Kier alpha value is -2.93.